The molecule has 1 heterocycles. The number of hydrogen-bond acceptors (Lipinski definition) is 6. The van der Waals surface area contributed by atoms with Crippen molar-refractivity contribution in [2.75, 3.05) is 19.5 Å². The summed E-state index contributed by atoms with van der Waals surface area (Å²) in [4.78, 5) is 12.9. The molecule has 3 rings (SSSR count). The normalized spacial score (nSPS) is 11.1. The first-order valence-electron chi connectivity index (χ1n) is 8.88. The molecule has 1 N–H and O–H groups in total. The van der Waals surface area contributed by atoms with Crippen LogP contribution in [0.5, 0.6) is 11.5 Å². The lowest BCUT2D eigenvalue weighted by atomic mass is 10.1. The fourth-order valence-electron chi connectivity index (χ4n) is 2.74. The van der Waals surface area contributed by atoms with Crippen molar-refractivity contribution in [3.05, 3.63) is 59.2 Å². The maximum Gasteiger partial charge on any atom is 0.273 e. The lowest BCUT2D eigenvalue weighted by Gasteiger charge is -2.15. The lowest BCUT2D eigenvalue weighted by molar-refractivity contribution is -0.124. The molecule has 0 fully saturated rings. The Kier molecular flexibility index (Phi) is 6.83. The summed E-state index contributed by atoms with van der Waals surface area (Å²) in [5.41, 5.74) is 1.88. The van der Waals surface area contributed by atoms with Gasteiger partial charge in [-0.05, 0) is 29.8 Å². The number of benzene rings is 2. The third kappa shape index (κ3) is 4.67. The van der Waals surface area contributed by atoms with Gasteiger partial charge in [0.2, 0.25) is 12.0 Å². The summed E-state index contributed by atoms with van der Waals surface area (Å²) < 4.78 is 21.3. The van der Waals surface area contributed by atoms with Crippen LogP contribution >= 0.6 is 11.6 Å². The highest BCUT2D eigenvalue weighted by Gasteiger charge is 2.25. The number of halogens is 1. The number of aromatic nitrogens is 1. The van der Waals surface area contributed by atoms with Gasteiger partial charge in [-0.3, -0.25) is 10.1 Å². The molecule has 30 heavy (non-hydrogen) atoms. The fourth-order valence-corrected chi connectivity index (χ4v) is 2.87. The van der Waals surface area contributed by atoms with E-state index >= 15 is 0 Å². The average Bonchev–Trinajstić information content (AvgIpc) is 3.22. The van der Waals surface area contributed by atoms with E-state index in [4.69, 9.17) is 30.3 Å². The van der Waals surface area contributed by atoms with E-state index in [0.29, 0.717) is 27.6 Å². The largest absolute Gasteiger partial charge is 0.493 e. The predicted octanol–water partition coefficient (Wildman–Crippen LogP) is 4.69. The first-order valence-corrected chi connectivity index (χ1v) is 9.26. The zero-order valence-corrected chi connectivity index (χ0v) is 17.3. The van der Waals surface area contributed by atoms with Crippen molar-refractivity contribution in [3.8, 4) is 34.7 Å². The van der Waals surface area contributed by atoms with Gasteiger partial charge >= 0.3 is 0 Å². The Morgan fingerprint density at radius 3 is 2.53 bits per heavy atom. The van der Waals surface area contributed by atoms with Crippen LogP contribution in [0.3, 0.4) is 0 Å². The molecule has 1 unspecified atom stereocenters. The van der Waals surface area contributed by atoms with Gasteiger partial charge in [0.15, 0.2) is 11.5 Å². The number of anilines is 1. The van der Waals surface area contributed by atoms with Gasteiger partial charge < -0.3 is 18.7 Å². The topological polar surface area (TPSA) is 82.8 Å². The van der Waals surface area contributed by atoms with Crippen molar-refractivity contribution in [1.82, 2.24) is 5.16 Å². The molecule has 3 aromatic rings. The van der Waals surface area contributed by atoms with Crippen LogP contribution in [0.4, 0.5) is 5.88 Å². The fraction of sp³-hybridized carbons (Fsp3) is 0.182. The van der Waals surface area contributed by atoms with Crippen molar-refractivity contribution >= 4 is 23.4 Å². The van der Waals surface area contributed by atoms with E-state index in [2.05, 4.69) is 22.5 Å². The van der Waals surface area contributed by atoms with E-state index in [-0.39, 0.29) is 5.88 Å². The summed E-state index contributed by atoms with van der Waals surface area (Å²) in [6.07, 6.45) is 2.99. The van der Waals surface area contributed by atoms with Gasteiger partial charge in [-0.2, -0.15) is 0 Å². The Morgan fingerprint density at radius 2 is 1.87 bits per heavy atom. The van der Waals surface area contributed by atoms with Crippen molar-refractivity contribution < 1.29 is 23.5 Å². The summed E-state index contributed by atoms with van der Waals surface area (Å²) in [7, 11) is 3.10. The van der Waals surface area contributed by atoms with Crippen molar-refractivity contribution in [3.63, 3.8) is 0 Å². The number of amides is 1. The molecule has 0 saturated carbocycles. The number of ether oxygens (including phenoxy) is 3. The highest BCUT2D eigenvalue weighted by molar-refractivity contribution is 6.30. The smallest absolute Gasteiger partial charge is 0.273 e. The summed E-state index contributed by atoms with van der Waals surface area (Å²) in [5, 5.41) is 7.07. The second kappa shape index (κ2) is 9.72. The lowest BCUT2D eigenvalue weighted by Crippen LogP contribution is -2.22. The maximum atomic E-state index is 12.9. The number of nitrogens with one attached hydrogen (secondary N) is 1. The Balaban J connectivity index is 1.88. The Hall–Kier alpha value is -3.63. The summed E-state index contributed by atoms with van der Waals surface area (Å²) in [5.74, 6) is 3.42. The van der Waals surface area contributed by atoms with Crippen LogP contribution in [-0.2, 0) is 9.53 Å². The van der Waals surface area contributed by atoms with E-state index in [0.717, 1.165) is 5.56 Å². The van der Waals surface area contributed by atoms with E-state index in [1.807, 2.05) is 0 Å². The molecular formula is C22H19ClN2O5. The van der Waals surface area contributed by atoms with Gasteiger partial charge in [-0.15, -0.1) is 0 Å². The predicted molar refractivity (Wildman–Crippen MR) is 112 cm³/mol. The van der Waals surface area contributed by atoms with Crippen LogP contribution in [-0.4, -0.2) is 25.3 Å². The molecule has 1 amide bonds. The van der Waals surface area contributed by atoms with E-state index < -0.39 is 12.0 Å². The average molecular weight is 427 g/mol. The van der Waals surface area contributed by atoms with Crippen molar-refractivity contribution in [2.24, 2.45) is 0 Å². The summed E-state index contributed by atoms with van der Waals surface area (Å²) in [6.45, 7) is 1.61. The molecular weight excluding hydrogens is 408 g/mol. The zero-order valence-electron chi connectivity index (χ0n) is 16.6. The molecule has 0 aliphatic heterocycles. The number of carbonyl (C=O) groups is 1. The van der Waals surface area contributed by atoms with Crippen LogP contribution in [0, 0.1) is 12.0 Å². The molecule has 0 saturated heterocycles. The molecule has 154 valence electrons. The van der Waals surface area contributed by atoms with Gasteiger partial charge in [0.05, 0.1) is 26.0 Å². The van der Waals surface area contributed by atoms with Crippen LogP contribution in [0.15, 0.2) is 53.2 Å². The van der Waals surface area contributed by atoms with Crippen molar-refractivity contribution in [2.45, 2.75) is 13.0 Å². The number of nitrogens with zero attached hydrogens (tertiary/aromatic N) is 1. The molecule has 7 nitrogen and oxygen atoms in total. The van der Waals surface area contributed by atoms with E-state index in [9.17, 15) is 4.79 Å². The highest BCUT2D eigenvalue weighted by Crippen LogP contribution is 2.35. The molecule has 2 aromatic carbocycles. The van der Waals surface area contributed by atoms with Crippen LogP contribution in [0.1, 0.15) is 18.6 Å². The van der Waals surface area contributed by atoms with Crippen LogP contribution < -0.4 is 14.8 Å². The van der Waals surface area contributed by atoms with Crippen LogP contribution in [0.2, 0.25) is 5.02 Å². The Labute approximate surface area is 178 Å². The van der Waals surface area contributed by atoms with Crippen molar-refractivity contribution in [1.29, 1.82) is 0 Å². The van der Waals surface area contributed by atoms with Gasteiger partial charge in [0, 0.05) is 17.5 Å². The van der Waals surface area contributed by atoms with Crippen LogP contribution in [0.25, 0.3) is 11.1 Å². The minimum atomic E-state index is -0.988. The Morgan fingerprint density at radius 1 is 1.13 bits per heavy atom. The molecule has 0 aliphatic carbocycles. The number of hydrogen-bond donors (Lipinski definition) is 1. The second-order valence-corrected chi connectivity index (χ2v) is 6.47. The minimum Gasteiger partial charge on any atom is -0.493 e. The molecule has 0 radical (unpaired) electrons. The SMILES string of the molecule is CC#COC(C(=O)Nc1oncc1-c1ccc(OC)c(OC)c1)c1ccc(Cl)cc1. The third-order valence-corrected chi connectivity index (χ3v) is 4.44. The molecule has 1 aromatic heterocycles. The van der Waals surface area contributed by atoms with E-state index in [1.165, 1.54) is 6.20 Å². The number of carbonyl (C=O) groups excluding carboxylic acids is 1. The molecule has 0 aliphatic rings. The number of rotatable bonds is 7. The number of methoxy groups -OCH3 is 2. The standard InChI is InChI=1S/C22H19ClN2O5/c1-4-11-29-20(14-5-8-16(23)9-6-14)21(26)25-22-17(13-24-30-22)15-7-10-18(27-2)19(12-15)28-3/h5-10,12-13,20H,1-3H3,(H,25,26). The van der Waals surface area contributed by atoms with Gasteiger partial charge in [0.25, 0.3) is 5.91 Å². The molecule has 8 heteroatoms. The third-order valence-electron chi connectivity index (χ3n) is 4.19. The Bertz CT molecular complexity index is 1080. The minimum absolute atomic E-state index is 0.166. The van der Waals surface area contributed by atoms with Gasteiger partial charge in [-0.25, -0.2) is 0 Å². The second-order valence-electron chi connectivity index (χ2n) is 6.03. The van der Waals surface area contributed by atoms with Gasteiger partial charge in [-0.1, -0.05) is 40.9 Å². The first kappa shape index (κ1) is 21.1. The van der Waals surface area contributed by atoms with Gasteiger partial charge in [0.1, 0.15) is 6.11 Å². The zero-order chi connectivity index (χ0) is 21.5. The first-order chi connectivity index (χ1) is 14.6. The molecule has 0 spiro atoms. The summed E-state index contributed by atoms with van der Waals surface area (Å²) in [6, 6.07) is 12.0. The maximum absolute atomic E-state index is 12.9. The van der Waals surface area contributed by atoms with E-state index in [1.54, 1.807) is 63.6 Å². The molecule has 0 bridgehead atoms. The summed E-state index contributed by atoms with van der Waals surface area (Å²) >= 11 is 5.94. The molecule has 1 atom stereocenters. The highest BCUT2D eigenvalue weighted by atomic mass is 35.5. The quantitative estimate of drug-likeness (QED) is 0.552. The monoisotopic (exact) mass is 426 g/mol.